The molecule has 0 aliphatic heterocycles. The Labute approximate surface area is 366 Å². The molecule has 0 bridgehead atoms. The van der Waals surface area contributed by atoms with E-state index in [4.69, 9.17) is 19.3 Å². The van der Waals surface area contributed by atoms with E-state index in [0.29, 0.717) is 5.82 Å². The van der Waals surface area contributed by atoms with E-state index in [0.717, 1.165) is 99.3 Å². The molecule has 13 aromatic rings. The van der Waals surface area contributed by atoms with Gasteiger partial charge in [-0.25, -0.2) is 15.0 Å². The molecule has 13 rings (SSSR count). The zero-order valence-electron chi connectivity index (χ0n) is 33.7. The highest BCUT2D eigenvalue weighted by molar-refractivity contribution is 7.00. The van der Waals surface area contributed by atoms with Crippen LogP contribution in [0.25, 0.3) is 132 Å². The van der Waals surface area contributed by atoms with Gasteiger partial charge in [-0.05, 0) is 96.7 Å². The Morgan fingerprint density at radius 3 is 1.67 bits per heavy atom. The fourth-order valence-electron chi connectivity index (χ4n) is 9.55. The van der Waals surface area contributed by atoms with Crippen molar-refractivity contribution >= 4 is 87.5 Å². The molecule has 0 saturated carbocycles. The summed E-state index contributed by atoms with van der Waals surface area (Å²) in [5.74, 6) is 0.685. The summed E-state index contributed by atoms with van der Waals surface area (Å²) in [6.07, 6.45) is 0. The van der Waals surface area contributed by atoms with Gasteiger partial charge in [0, 0.05) is 38.4 Å². The molecule has 3 heterocycles. The zero-order valence-corrected chi connectivity index (χ0v) is 34.5. The quantitative estimate of drug-likeness (QED) is 0.162. The average molecular weight is 820 g/mol. The smallest absolute Gasteiger partial charge is 0.161 e. The van der Waals surface area contributed by atoms with Gasteiger partial charge in [-0.1, -0.05) is 158 Å². The molecular weight excluding hydrogens is 787 g/mol. The lowest BCUT2D eigenvalue weighted by molar-refractivity contribution is 1.19. The van der Waals surface area contributed by atoms with Crippen LogP contribution in [-0.2, 0) is 0 Å². The van der Waals surface area contributed by atoms with Crippen LogP contribution in [0, 0.1) is 0 Å². The van der Waals surface area contributed by atoms with Crippen molar-refractivity contribution in [2.75, 3.05) is 0 Å². The summed E-state index contributed by atoms with van der Waals surface area (Å²) < 4.78 is 9.36. The van der Waals surface area contributed by atoms with E-state index in [1.165, 1.54) is 38.7 Å². The predicted octanol–water partition coefficient (Wildman–Crippen LogP) is 15.1. The van der Waals surface area contributed by atoms with Crippen molar-refractivity contribution in [2.45, 2.75) is 0 Å². The van der Waals surface area contributed by atoms with Crippen molar-refractivity contribution in [2.24, 2.45) is 0 Å². The molecule has 0 unspecified atom stereocenters. The lowest BCUT2D eigenvalue weighted by Crippen LogP contribution is -1.98. The summed E-state index contributed by atoms with van der Waals surface area (Å²) in [5, 5.41) is 12.6. The van der Waals surface area contributed by atoms with Crippen LogP contribution in [0.4, 0.5) is 0 Å². The fraction of sp³-hybridized carbons (Fsp3) is 0. The molecule has 0 aliphatic carbocycles. The molecule has 0 amide bonds. The van der Waals surface area contributed by atoms with Crippen molar-refractivity contribution in [1.82, 2.24) is 23.7 Å². The highest BCUT2D eigenvalue weighted by Crippen LogP contribution is 2.41. The van der Waals surface area contributed by atoms with Gasteiger partial charge in [-0.15, -0.1) is 0 Å². The highest BCUT2D eigenvalue weighted by Gasteiger charge is 2.19. The summed E-state index contributed by atoms with van der Waals surface area (Å²) >= 11 is 1.25. The number of pyridine rings is 1. The van der Waals surface area contributed by atoms with Gasteiger partial charge in [0.1, 0.15) is 11.0 Å². The van der Waals surface area contributed by atoms with Crippen molar-refractivity contribution in [3.05, 3.63) is 200 Å². The topological polar surface area (TPSA) is 64.5 Å². The Bertz CT molecular complexity index is 3850. The van der Waals surface area contributed by atoms with Crippen LogP contribution < -0.4 is 0 Å². The van der Waals surface area contributed by atoms with Crippen LogP contribution in [0.15, 0.2) is 200 Å². The van der Waals surface area contributed by atoms with Gasteiger partial charge < -0.3 is 0 Å². The standard InChI is InChI=1S/C57H33N5S/c1-2-13-34(14-3-1)55-47-27-28-50-56(62-63-61-50)54(47)46-26-25-36(32-52(46)58-55)35-17-12-18-39(29-35)51-33-53(48-30-37-15-4-6-19-40(37)42-21-8-10-23-44(42)48)60-57(59-51)49-31-38-16-5-7-20-41(38)43-22-9-11-24-45(43)49/h1-33H. The van der Waals surface area contributed by atoms with E-state index >= 15 is 0 Å². The molecule has 0 radical (unpaired) electrons. The third-order valence-corrected chi connectivity index (χ3v) is 13.0. The number of hydrogen-bond acceptors (Lipinski definition) is 6. The molecule has 0 saturated heterocycles. The molecular formula is C57H33N5S. The van der Waals surface area contributed by atoms with E-state index in [9.17, 15) is 0 Å². The summed E-state index contributed by atoms with van der Waals surface area (Å²) in [4.78, 5) is 16.3. The van der Waals surface area contributed by atoms with Crippen LogP contribution >= 0.6 is 11.7 Å². The van der Waals surface area contributed by atoms with Gasteiger partial charge in [0.05, 0.1) is 34.3 Å². The third kappa shape index (κ3) is 5.80. The van der Waals surface area contributed by atoms with E-state index in [1.807, 2.05) is 6.07 Å². The first-order valence-electron chi connectivity index (χ1n) is 21.1. The molecule has 292 valence electrons. The summed E-state index contributed by atoms with van der Waals surface area (Å²) in [6, 6.07) is 71.0. The van der Waals surface area contributed by atoms with E-state index < -0.39 is 0 Å². The van der Waals surface area contributed by atoms with Gasteiger partial charge >= 0.3 is 0 Å². The maximum atomic E-state index is 5.48. The largest absolute Gasteiger partial charge is 0.247 e. The number of rotatable bonds is 5. The molecule has 0 spiro atoms. The second-order valence-corrected chi connectivity index (χ2v) is 16.6. The Morgan fingerprint density at radius 2 is 0.905 bits per heavy atom. The number of benzene rings is 10. The van der Waals surface area contributed by atoms with Gasteiger partial charge in [0.25, 0.3) is 0 Å². The maximum absolute atomic E-state index is 5.48. The molecule has 3 aromatic heterocycles. The third-order valence-electron chi connectivity index (χ3n) is 12.5. The molecule has 5 nitrogen and oxygen atoms in total. The van der Waals surface area contributed by atoms with Crippen molar-refractivity contribution < 1.29 is 0 Å². The summed E-state index contributed by atoms with van der Waals surface area (Å²) in [6.45, 7) is 0. The lowest BCUT2D eigenvalue weighted by atomic mass is 9.94. The minimum Gasteiger partial charge on any atom is -0.247 e. The van der Waals surface area contributed by atoms with E-state index in [-0.39, 0.29) is 0 Å². The normalized spacial score (nSPS) is 11.8. The molecule has 63 heavy (non-hydrogen) atoms. The number of nitrogens with zero attached hydrogens (tertiary/aromatic N) is 5. The highest BCUT2D eigenvalue weighted by atomic mass is 32.1. The zero-order chi connectivity index (χ0) is 41.4. The second kappa shape index (κ2) is 14.2. The monoisotopic (exact) mass is 819 g/mol. The van der Waals surface area contributed by atoms with Gasteiger partial charge in [0.2, 0.25) is 0 Å². The molecule has 6 heteroatoms. The average Bonchev–Trinajstić information content (AvgIpc) is 3.85. The Hall–Kier alpha value is -8.19. The van der Waals surface area contributed by atoms with Crippen LogP contribution in [0.1, 0.15) is 0 Å². The molecule has 0 atom stereocenters. The lowest BCUT2D eigenvalue weighted by Gasteiger charge is -2.15. The predicted molar refractivity (Wildman–Crippen MR) is 263 cm³/mol. The van der Waals surface area contributed by atoms with Gasteiger partial charge in [-0.3, -0.25) is 0 Å². The molecule has 10 aromatic carbocycles. The first-order chi connectivity index (χ1) is 31.2. The Morgan fingerprint density at radius 1 is 0.317 bits per heavy atom. The number of fused-ring (bicyclic) bond motifs is 11. The number of aromatic nitrogens is 5. The van der Waals surface area contributed by atoms with Gasteiger partial charge in [0.15, 0.2) is 5.82 Å². The van der Waals surface area contributed by atoms with Crippen molar-refractivity contribution in [1.29, 1.82) is 0 Å². The maximum Gasteiger partial charge on any atom is 0.161 e. The summed E-state index contributed by atoms with van der Waals surface area (Å²) in [5.41, 5.74) is 11.6. The molecule has 0 N–H and O–H groups in total. The van der Waals surface area contributed by atoms with Crippen LogP contribution in [0.3, 0.4) is 0 Å². The van der Waals surface area contributed by atoms with E-state index in [2.05, 4.69) is 198 Å². The van der Waals surface area contributed by atoms with Crippen molar-refractivity contribution in [3.8, 4) is 56.3 Å². The van der Waals surface area contributed by atoms with Crippen LogP contribution in [0.2, 0.25) is 0 Å². The minimum absolute atomic E-state index is 0.685. The first kappa shape index (κ1) is 35.6. The summed E-state index contributed by atoms with van der Waals surface area (Å²) in [7, 11) is 0. The molecule has 0 aliphatic rings. The number of hydrogen-bond donors (Lipinski definition) is 0. The Balaban J connectivity index is 1.03. The van der Waals surface area contributed by atoms with Crippen LogP contribution in [-0.4, -0.2) is 23.7 Å². The van der Waals surface area contributed by atoms with Gasteiger partial charge in [-0.2, -0.15) is 8.75 Å². The fourth-order valence-corrected chi connectivity index (χ4v) is 10.1. The van der Waals surface area contributed by atoms with Crippen molar-refractivity contribution in [3.63, 3.8) is 0 Å². The second-order valence-electron chi connectivity index (χ2n) is 16.1. The van der Waals surface area contributed by atoms with E-state index in [1.54, 1.807) is 0 Å². The minimum atomic E-state index is 0.685. The first-order valence-corrected chi connectivity index (χ1v) is 21.8. The Kier molecular flexibility index (Phi) is 8.01. The molecule has 0 fully saturated rings. The SMILES string of the molecule is c1ccc(-c2nc3cc(-c4cccc(-c5cc(-c6cc7ccccc7c7ccccc67)nc(-c6cc7ccccc7c7ccccc67)n5)c4)ccc3c3c2ccc2nsnc23)cc1. The van der Waals surface area contributed by atoms with Crippen LogP contribution in [0.5, 0.6) is 0 Å².